The second-order valence-corrected chi connectivity index (χ2v) is 6.06. The van der Waals surface area contributed by atoms with Gasteiger partial charge in [-0.2, -0.15) is 0 Å². The normalized spacial score (nSPS) is 34.1. The Morgan fingerprint density at radius 2 is 1.69 bits per heavy atom. The molecule has 0 aromatic heterocycles. The molecule has 0 aromatic rings. The standard InChI is InChI=1S/C14H25NO/c1-2-6-12(5-1)15-11-13-7-10-14(16-13)8-3-4-9-14/h12-13,15H,1-11H2. The zero-order chi connectivity index (χ0) is 10.8. The predicted molar refractivity (Wildman–Crippen MR) is 65.6 cm³/mol. The van der Waals surface area contributed by atoms with Gasteiger partial charge in [0.1, 0.15) is 0 Å². The fourth-order valence-corrected chi connectivity index (χ4v) is 3.85. The lowest BCUT2D eigenvalue weighted by Crippen LogP contribution is -2.35. The van der Waals surface area contributed by atoms with Crippen molar-refractivity contribution in [1.29, 1.82) is 0 Å². The van der Waals surface area contributed by atoms with Crippen LogP contribution in [0.2, 0.25) is 0 Å². The molecule has 0 amide bonds. The smallest absolute Gasteiger partial charge is 0.0708 e. The van der Waals surface area contributed by atoms with Gasteiger partial charge in [-0.25, -0.2) is 0 Å². The van der Waals surface area contributed by atoms with E-state index in [1.807, 2.05) is 0 Å². The van der Waals surface area contributed by atoms with Gasteiger partial charge in [-0.05, 0) is 38.5 Å². The van der Waals surface area contributed by atoms with Crippen LogP contribution in [-0.4, -0.2) is 24.3 Å². The molecule has 1 aliphatic heterocycles. The Balaban J connectivity index is 1.43. The minimum atomic E-state index is 0.321. The quantitative estimate of drug-likeness (QED) is 0.794. The van der Waals surface area contributed by atoms with Crippen LogP contribution in [0.25, 0.3) is 0 Å². The van der Waals surface area contributed by atoms with E-state index in [2.05, 4.69) is 5.32 Å². The third-order valence-corrected chi connectivity index (χ3v) is 4.84. The highest BCUT2D eigenvalue weighted by Gasteiger charge is 2.41. The molecule has 1 spiro atoms. The van der Waals surface area contributed by atoms with Gasteiger partial charge in [-0.15, -0.1) is 0 Å². The summed E-state index contributed by atoms with van der Waals surface area (Å²) in [5.74, 6) is 0. The van der Waals surface area contributed by atoms with Gasteiger partial charge in [0.2, 0.25) is 0 Å². The average molecular weight is 223 g/mol. The van der Waals surface area contributed by atoms with Crippen LogP contribution in [-0.2, 0) is 4.74 Å². The summed E-state index contributed by atoms with van der Waals surface area (Å²) in [4.78, 5) is 0. The van der Waals surface area contributed by atoms with Gasteiger partial charge >= 0.3 is 0 Å². The Bertz CT molecular complexity index is 229. The number of rotatable bonds is 3. The highest BCUT2D eigenvalue weighted by Crippen LogP contribution is 2.43. The van der Waals surface area contributed by atoms with Gasteiger partial charge in [0.25, 0.3) is 0 Å². The van der Waals surface area contributed by atoms with E-state index in [4.69, 9.17) is 4.74 Å². The van der Waals surface area contributed by atoms with Crippen molar-refractivity contribution >= 4 is 0 Å². The molecule has 3 rings (SSSR count). The first-order chi connectivity index (χ1) is 7.86. The summed E-state index contributed by atoms with van der Waals surface area (Å²) in [7, 11) is 0. The van der Waals surface area contributed by atoms with Gasteiger partial charge in [-0.3, -0.25) is 0 Å². The molecule has 3 fully saturated rings. The topological polar surface area (TPSA) is 21.3 Å². The minimum absolute atomic E-state index is 0.321. The number of ether oxygens (including phenoxy) is 1. The molecule has 1 saturated heterocycles. The Morgan fingerprint density at radius 3 is 2.44 bits per heavy atom. The second kappa shape index (κ2) is 4.66. The highest BCUT2D eigenvalue weighted by atomic mass is 16.5. The minimum Gasteiger partial charge on any atom is -0.370 e. The lowest BCUT2D eigenvalue weighted by Gasteiger charge is -2.24. The van der Waals surface area contributed by atoms with Crippen LogP contribution in [0.15, 0.2) is 0 Å². The summed E-state index contributed by atoms with van der Waals surface area (Å²) in [6.07, 6.45) is 14.2. The van der Waals surface area contributed by atoms with Crippen molar-refractivity contribution in [3.63, 3.8) is 0 Å². The molecule has 92 valence electrons. The maximum Gasteiger partial charge on any atom is 0.0708 e. The molecule has 3 aliphatic rings. The largest absolute Gasteiger partial charge is 0.370 e. The van der Waals surface area contributed by atoms with E-state index < -0.39 is 0 Å². The first-order valence-electron chi connectivity index (χ1n) is 7.28. The zero-order valence-electron chi connectivity index (χ0n) is 10.3. The van der Waals surface area contributed by atoms with Crippen molar-refractivity contribution in [2.75, 3.05) is 6.54 Å². The van der Waals surface area contributed by atoms with Crippen molar-refractivity contribution in [3.05, 3.63) is 0 Å². The molecule has 2 nitrogen and oxygen atoms in total. The van der Waals surface area contributed by atoms with Gasteiger partial charge in [0.15, 0.2) is 0 Å². The molecule has 1 N–H and O–H groups in total. The van der Waals surface area contributed by atoms with Gasteiger partial charge < -0.3 is 10.1 Å². The van der Waals surface area contributed by atoms with Gasteiger partial charge in [0, 0.05) is 12.6 Å². The van der Waals surface area contributed by atoms with Crippen molar-refractivity contribution < 1.29 is 4.74 Å². The first-order valence-corrected chi connectivity index (χ1v) is 7.28. The molecule has 0 aromatic carbocycles. The summed E-state index contributed by atoms with van der Waals surface area (Å²) in [5, 5.41) is 3.70. The molecule has 2 saturated carbocycles. The molecule has 1 atom stereocenters. The third kappa shape index (κ3) is 2.28. The van der Waals surface area contributed by atoms with E-state index in [0.717, 1.165) is 12.6 Å². The van der Waals surface area contributed by atoms with Crippen LogP contribution in [0.1, 0.15) is 64.2 Å². The predicted octanol–water partition coefficient (Wildman–Crippen LogP) is 3.01. The summed E-state index contributed by atoms with van der Waals surface area (Å²) >= 11 is 0. The molecule has 1 heterocycles. The van der Waals surface area contributed by atoms with Crippen LogP contribution in [0.5, 0.6) is 0 Å². The summed E-state index contributed by atoms with van der Waals surface area (Å²) in [5.41, 5.74) is 0.321. The molecule has 16 heavy (non-hydrogen) atoms. The Hall–Kier alpha value is -0.0800. The average Bonchev–Trinajstić information content (AvgIpc) is 3.01. The van der Waals surface area contributed by atoms with Crippen LogP contribution >= 0.6 is 0 Å². The molecular weight excluding hydrogens is 198 g/mol. The molecule has 0 bridgehead atoms. The van der Waals surface area contributed by atoms with E-state index in [0.29, 0.717) is 11.7 Å². The molecule has 2 heteroatoms. The van der Waals surface area contributed by atoms with Crippen LogP contribution in [0.3, 0.4) is 0 Å². The van der Waals surface area contributed by atoms with E-state index in [-0.39, 0.29) is 0 Å². The van der Waals surface area contributed by atoms with Crippen molar-refractivity contribution in [2.24, 2.45) is 0 Å². The van der Waals surface area contributed by atoms with Crippen LogP contribution in [0.4, 0.5) is 0 Å². The van der Waals surface area contributed by atoms with E-state index in [1.165, 1.54) is 64.2 Å². The summed E-state index contributed by atoms with van der Waals surface area (Å²) < 4.78 is 6.31. The lowest BCUT2D eigenvalue weighted by atomic mass is 9.98. The van der Waals surface area contributed by atoms with Gasteiger partial charge in [-0.1, -0.05) is 25.7 Å². The summed E-state index contributed by atoms with van der Waals surface area (Å²) in [6, 6.07) is 0.795. The van der Waals surface area contributed by atoms with E-state index >= 15 is 0 Å². The molecular formula is C14H25NO. The maximum absolute atomic E-state index is 6.31. The van der Waals surface area contributed by atoms with Crippen LogP contribution < -0.4 is 5.32 Å². The molecule has 2 aliphatic carbocycles. The highest BCUT2D eigenvalue weighted by molar-refractivity contribution is 4.93. The SMILES string of the molecule is C1CCC(NCC2CCC3(CCCC3)O2)C1. The fraction of sp³-hybridized carbons (Fsp3) is 1.00. The molecule has 0 radical (unpaired) electrons. The Morgan fingerprint density at radius 1 is 0.938 bits per heavy atom. The Kier molecular flexibility index (Phi) is 3.21. The lowest BCUT2D eigenvalue weighted by molar-refractivity contribution is -0.0358. The van der Waals surface area contributed by atoms with Gasteiger partial charge in [0.05, 0.1) is 11.7 Å². The number of hydrogen-bond donors (Lipinski definition) is 1. The van der Waals surface area contributed by atoms with Crippen molar-refractivity contribution in [1.82, 2.24) is 5.32 Å². The second-order valence-electron chi connectivity index (χ2n) is 6.06. The van der Waals surface area contributed by atoms with E-state index in [9.17, 15) is 0 Å². The zero-order valence-corrected chi connectivity index (χ0v) is 10.3. The monoisotopic (exact) mass is 223 g/mol. The van der Waals surface area contributed by atoms with E-state index in [1.54, 1.807) is 0 Å². The first kappa shape index (κ1) is 11.0. The third-order valence-electron chi connectivity index (χ3n) is 4.84. The Labute approximate surface area is 99.1 Å². The maximum atomic E-state index is 6.31. The molecule has 1 unspecified atom stereocenters. The van der Waals surface area contributed by atoms with Crippen LogP contribution in [0, 0.1) is 0 Å². The number of hydrogen-bond acceptors (Lipinski definition) is 2. The van der Waals surface area contributed by atoms with Crippen molar-refractivity contribution in [2.45, 2.75) is 82.0 Å². The summed E-state index contributed by atoms with van der Waals surface area (Å²) in [6.45, 7) is 1.10. The fourth-order valence-electron chi connectivity index (χ4n) is 3.85. The number of nitrogens with one attached hydrogen (secondary N) is 1. The van der Waals surface area contributed by atoms with Crippen molar-refractivity contribution in [3.8, 4) is 0 Å².